The minimum Gasteiger partial charge on any atom is -0.379 e. The maximum atomic E-state index is 13.9. The Hall–Kier alpha value is -0.980. The molecule has 0 bridgehead atoms. The van der Waals surface area contributed by atoms with Gasteiger partial charge in [-0.2, -0.15) is 0 Å². The van der Waals surface area contributed by atoms with E-state index in [4.69, 9.17) is 4.74 Å². The first-order valence-electron chi connectivity index (χ1n) is 8.67. The van der Waals surface area contributed by atoms with Crippen molar-refractivity contribution in [1.29, 1.82) is 0 Å². The third-order valence-electron chi connectivity index (χ3n) is 5.22. The molecule has 2 aliphatic rings. The quantitative estimate of drug-likeness (QED) is 0.845. The average Bonchev–Trinajstić information content (AvgIpc) is 2.63. The zero-order chi connectivity index (χ0) is 17.0. The van der Waals surface area contributed by atoms with Gasteiger partial charge in [0, 0.05) is 29.6 Å². The Balaban J connectivity index is 1.71. The summed E-state index contributed by atoms with van der Waals surface area (Å²) in [6, 6.07) is 4.45. The summed E-state index contributed by atoms with van der Waals surface area (Å²) in [6.07, 6.45) is 5.76. The molecule has 132 valence electrons. The van der Waals surface area contributed by atoms with E-state index >= 15 is 0 Å². The molecular formula is C18H24BrFN2O2. The summed E-state index contributed by atoms with van der Waals surface area (Å²) < 4.78 is 20.1. The summed E-state index contributed by atoms with van der Waals surface area (Å²) in [5.74, 6) is -0.827. The molecule has 1 aliphatic carbocycles. The second-order valence-corrected chi connectivity index (χ2v) is 7.61. The van der Waals surface area contributed by atoms with Crippen LogP contribution in [-0.2, 0) is 4.74 Å². The van der Waals surface area contributed by atoms with Crippen LogP contribution in [0.15, 0.2) is 22.7 Å². The van der Waals surface area contributed by atoms with Gasteiger partial charge in [0.1, 0.15) is 5.82 Å². The third-order valence-corrected chi connectivity index (χ3v) is 5.71. The van der Waals surface area contributed by atoms with Gasteiger partial charge in [-0.1, -0.05) is 35.2 Å². The van der Waals surface area contributed by atoms with Crippen molar-refractivity contribution in [3.8, 4) is 0 Å². The van der Waals surface area contributed by atoms with Crippen LogP contribution in [0.4, 0.5) is 4.39 Å². The van der Waals surface area contributed by atoms with Crippen molar-refractivity contribution in [2.24, 2.45) is 0 Å². The number of nitrogens with one attached hydrogen (secondary N) is 1. The Kier molecular flexibility index (Phi) is 5.89. The second kappa shape index (κ2) is 7.93. The van der Waals surface area contributed by atoms with Crippen LogP contribution in [0.1, 0.15) is 42.5 Å². The molecule has 3 rings (SSSR count). The molecule has 0 aromatic heterocycles. The number of ether oxygens (including phenoxy) is 1. The van der Waals surface area contributed by atoms with Crippen LogP contribution in [-0.4, -0.2) is 49.2 Å². The topological polar surface area (TPSA) is 41.6 Å². The van der Waals surface area contributed by atoms with Crippen LogP contribution in [0, 0.1) is 5.82 Å². The molecule has 0 atom stereocenters. The molecule has 1 aliphatic heterocycles. The third kappa shape index (κ3) is 3.98. The Morgan fingerprint density at radius 1 is 1.25 bits per heavy atom. The number of amides is 1. The van der Waals surface area contributed by atoms with E-state index in [9.17, 15) is 9.18 Å². The first-order valence-corrected chi connectivity index (χ1v) is 9.46. The monoisotopic (exact) mass is 398 g/mol. The average molecular weight is 399 g/mol. The number of nitrogens with zero attached hydrogens (tertiary/aromatic N) is 1. The summed E-state index contributed by atoms with van der Waals surface area (Å²) in [6.45, 7) is 3.87. The number of rotatable bonds is 4. The Bertz CT molecular complexity index is 584. The molecule has 24 heavy (non-hydrogen) atoms. The van der Waals surface area contributed by atoms with Crippen LogP contribution in [0.5, 0.6) is 0 Å². The molecule has 1 aromatic rings. The van der Waals surface area contributed by atoms with Crippen molar-refractivity contribution in [2.45, 2.75) is 37.6 Å². The van der Waals surface area contributed by atoms with E-state index in [1.807, 2.05) is 0 Å². The molecule has 6 heteroatoms. The fraction of sp³-hybridized carbons (Fsp3) is 0.611. The van der Waals surface area contributed by atoms with Gasteiger partial charge in [0.2, 0.25) is 0 Å². The molecule has 0 radical (unpaired) electrons. The van der Waals surface area contributed by atoms with Gasteiger partial charge in [-0.25, -0.2) is 4.39 Å². The van der Waals surface area contributed by atoms with Crippen LogP contribution < -0.4 is 5.32 Å². The van der Waals surface area contributed by atoms with Crippen molar-refractivity contribution < 1.29 is 13.9 Å². The maximum absolute atomic E-state index is 13.9. The fourth-order valence-electron chi connectivity index (χ4n) is 3.86. The minimum atomic E-state index is -0.486. The Labute approximate surface area is 150 Å². The normalized spacial score (nSPS) is 21.4. The maximum Gasteiger partial charge on any atom is 0.254 e. The first kappa shape index (κ1) is 17.8. The van der Waals surface area contributed by atoms with Crippen molar-refractivity contribution >= 4 is 21.8 Å². The number of hydrogen-bond acceptors (Lipinski definition) is 3. The lowest BCUT2D eigenvalue weighted by atomic mass is 9.79. The van der Waals surface area contributed by atoms with E-state index in [0.717, 1.165) is 39.1 Å². The summed E-state index contributed by atoms with van der Waals surface area (Å²) >= 11 is 3.30. The van der Waals surface area contributed by atoms with E-state index in [0.29, 0.717) is 11.0 Å². The van der Waals surface area contributed by atoms with Gasteiger partial charge in [0.05, 0.1) is 18.8 Å². The highest BCUT2D eigenvalue weighted by atomic mass is 79.9. The number of morpholine rings is 1. The van der Waals surface area contributed by atoms with E-state index in [1.165, 1.54) is 31.4 Å². The van der Waals surface area contributed by atoms with Crippen LogP contribution in [0.25, 0.3) is 0 Å². The van der Waals surface area contributed by atoms with Gasteiger partial charge < -0.3 is 10.1 Å². The molecule has 4 nitrogen and oxygen atoms in total. The molecule has 0 spiro atoms. The Morgan fingerprint density at radius 3 is 2.67 bits per heavy atom. The van der Waals surface area contributed by atoms with Crippen LogP contribution in [0.2, 0.25) is 0 Å². The highest BCUT2D eigenvalue weighted by molar-refractivity contribution is 9.10. The minimum absolute atomic E-state index is 0.0137. The fourth-order valence-corrected chi connectivity index (χ4v) is 4.23. The lowest BCUT2D eigenvalue weighted by Crippen LogP contribution is -2.59. The largest absolute Gasteiger partial charge is 0.379 e. The molecule has 1 saturated heterocycles. The zero-order valence-corrected chi connectivity index (χ0v) is 15.4. The number of hydrogen-bond donors (Lipinski definition) is 1. The lowest BCUT2D eigenvalue weighted by molar-refractivity contribution is -0.0361. The van der Waals surface area contributed by atoms with Crippen LogP contribution in [0.3, 0.4) is 0 Å². The molecule has 2 fully saturated rings. The molecular weight excluding hydrogens is 375 g/mol. The molecule has 1 aromatic carbocycles. The van der Waals surface area contributed by atoms with E-state index in [2.05, 4.69) is 26.1 Å². The van der Waals surface area contributed by atoms with E-state index < -0.39 is 5.82 Å². The predicted octanol–water partition coefficient (Wildman–Crippen LogP) is 3.35. The van der Waals surface area contributed by atoms with Gasteiger partial charge in [0.25, 0.3) is 5.91 Å². The summed E-state index contributed by atoms with van der Waals surface area (Å²) in [5, 5.41) is 2.99. The highest BCUT2D eigenvalue weighted by Gasteiger charge is 2.38. The smallest absolute Gasteiger partial charge is 0.254 e. The number of carbonyl (C=O) groups excluding carboxylic acids is 1. The van der Waals surface area contributed by atoms with Gasteiger partial charge in [-0.3, -0.25) is 9.69 Å². The number of benzene rings is 1. The zero-order valence-electron chi connectivity index (χ0n) is 13.8. The Morgan fingerprint density at radius 2 is 1.96 bits per heavy atom. The van der Waals surface area contributed by atoms with Gasteiger partial charge in [-0.15, -0.1) is 0 Å². The van der Waals surface area contributed by atoms with Gasteiger partial charge >= 0.3 is 0 Å². The first-order chi connectivity index (χ1) is 11.6. The van der Waals surface area contributed by atoms with Crippen molar-refractivity contribution in [3.05, 3.63) is 34.1 Å². The van der Waals surface area contributed by atoms with E-state index in [1.54, 1.807) is 6.07 Å². The molecule has 1 saturated carbocycles. The molecule has 1 amide bonds. The SMILES string of the molecule is O=C(NCC1(N2CCOCC2)CCCCC1)c1cc(Br)ccc1F. The van der Waals surface area contributed by atoms with E-state index in [-0.39, 0.29) is 17.0 Å². The van der Waals surface area contributed by atoms with Gasteiger partial charge in [-0.05, 0) is 31.0 Å². The van der Waals surface area contributed by atoms with Crippen molar-refractivity contribution in [1.82, 2.24) is 10.2 Å². The number of carbonyl (C=O) groups is 1. The second-order valence-electron chi connectivity index (χ2n) is 6.69. The lowest BCUT2D eigenvalue weighted by Gasteiger charge is -2.48. The standard InChI is InChI=1S/C18H24BrFN2O2/c19-14-4-5-16(20)15(12-14)17(23)21-13-18(6-2-1-3-7-18)22-8-10-24-11-9-22/h4-5,12H,1-3,6-11,13H2,(H,21,23). The molecule has 0 unspecified atom stereocenters. The molecule has 1 N–H and O–H groups in total. The van der Waals surface area contributed by atoms with Crippen LogP contribution >= 0.6 is 15.9 Å². The molecule has 1 heterocycles. The summed E-state index contributed by atoms with van der Waals surface area (Å²) in [4.78, 5) is 14.9. The summed E-state index contributed by atoms with van der Waals surface area (Å²) in [7, 11) is 0. The van der Waals surface area contributed by atoms with Gasteiger partial charge in [0.15, 0.2) is 0 Å². The number of halogens is 2. The van der Waals surface area contributed by atoms with Crippen molar-refractivity contribution in [3.63, 3.8) is 0 Å². The highest BCUT2D eigenvalue weighted by Crippen LogP contribution is 2.34. The van der Waals surface area contributed by atoms with Crippen molar-refractivity contribution in [2.75, 3.05) is 32.8 Å². The predicted molar refractivity (Wildman–Crippen MR) is 94.6 cm³/mol. The summed E-state index contributed by atoms with van der Waals surface area (Å²) in [5.41, 5.74) is 0.0810.